The highest BCUT2D eigenvalue weighted by molar-refractivity contribution is 5.86. The Balaban J connectivity index is 1.34. The summed E-state index contributed by atoms with van der Waals surface area (Å²) in [6.07, 6.45) is 2.59. The van der Waals surface area contributed by atoms with E-state index in [2.05, 4.69) is 20.9 Å². The molecule has 152 valence electrons. The lowest BCUT2D eigenvalue weighted by molar-refractivity contribution is 0.230. The van der Waals surface area contributed by atoms with Gasteiger partial charge in [0.1, 0.15) is 17.1 Å². The molecule has 4 aromatic rings. The Morgan fingerprint density at radius 3 is 2.77 bits per heavy atom. The number of anilines is 1. The normalized spacial score (nSPS) is 19.6. The molecule has 0 bridgehead atoms. The number of hydrogen-bond acceptors (Lipinski definition) is 7. The molecule has 1 aromatic carbocycles. The van der Waals surface area contributed by atoms with E-state index in [1.54, 1.807) is 19.1 Å². The van der Waals surface area contributed by atoms with Crippen LogP contribution in [0.3, 0.4) is 0 Å². The molecule has 0 radical (unpaired) electrons. The average Bonchev–Trinajstić information content (AvgIpc) is 3.37. The summed E-state index contributed by atoms with van der Waals surface area (Å²) in [5.74, 6) is 1.73. The van der Waals surface area contributed by atoms with Crippen molar-refractivity contribution in [2.45, 2.75) is 25.8 Å². The van der Waals surface area contributed by atoms with Gasteiger partial charge in [0.2, 0.25) is 0 Å². The molecule has 6 rings (SSSR count). The first-order chi connectivity index (χ1) is 14.6. The minimum atomic E-state index is 0.140. The van der Waals surface area contributed by atoms with Crippen LogP contribution in [0.4, 0.5) is 5.82 Å². The Bertz CT molecular complexity index is 1270. The van der Waals surface area contributed by atoms with Gasteiger partial charge in [-0.2, -0.15) is 0 Å². The van der Waals surface area contributed by atoms with Gasteiger partial charge < -0.3 is 14.4 Å². The van der Waals surface area contributed by atoms with E-state index in [1.807, 2.05) is 18.2 Å². The van der Waals surface area contributed by atoms with Gasteiger partial charge >= 0.3 is 0 Å². The first-order valence-electron chi connectivity index (χ1n) is 10.5. The minimum absolute atomic E-state index is 0.140. The maximum Gasteiger partial charge on any atom is 0.192 e. The fourth-order valence-electron chi connectivity index (χ4n) is 4.81. The summed E-state index contributed by atoms with van der Waals surface area (Å²) in [7, 11) is 0. The molecule has 7 heteroatoms. The number of rotatable bonds is 2. The van der Waals surface area contributed by atoms with E-state index < -0.39 is 0 Å². The molecule has 1 atom stereocenters. The molecule has 3 aromatic heterocycles. The van der Waals surface area contributed by atoms with Gasteiger partial charge in [-0.05, 0) is 49.7 Å². The fraction of sp³-hybridized carbons (Fsp3) is 0.348. The van der Waals surface area contributed by atoms with Crippen LogP contribution in [0.25, 0.3) is 33.4 Å². The summed E-state index contributed by atoms with van der Waals surface area (Å²) >= 11 is 0. The van der Waals surface area contributed by atoms with Crippen molar-refractivity contribution < 1.29 is 9.52 Å². The van der Waals surface area contributed by atoms with Gasteiger partial charge in [0.05, 0.1) is 16.7 Å². The molecule has 1 N–H and O–H groups in total. The summed E-state index contributed by atoms with van der Waals surface area (Å²) in [4.78, 5) is 18.9. The predicted octanol–water partition coefficient (Wildman–Crippen LogP) is 3.74. The summed E-state index contributed by atoms with van der Waals surface area (Å²) in [6, 6.07) is 12.0. The van der Waals surface area contributed by atoms with Crippen LogP contribution in [0.2, 0.25) is 0 Å². The second kappa shape index (κ2) is 6.67. The van der Waals surface area contributed by atoms with Crippen LogP contribution < -0.4 is 4.90 Å². The number of fused-ring (bicyclic) bond motifs is 3. The van der Waals surface area contributed by atoms with Crippen LogP contribution in [-0.4, -0.2) is 57.2 Å². The number of hydrogen-bond donors (Lipinski definition) is 1. The molecule has 2 aliphatic rings. The number of aromatic hydroxyl groups is 1. The summed E-state index contributed by atoms with van der Waals surface area (Å²) in [5.41, 5.74) is 4.27. The predicted molar refractivity (Wildman–Crippen MR) is 116 cm³/mol. The van der Waals surface area contributed by atoms with Crippen molar-refractivity contribution in [3.63, 3.8) is 0 Å². The molecule has 5 heterocycles. The van der Waals surface area contributed by atoms with Gasteiger partial charge in [0.15, 0.2) is 11.5 Å². The number of benzene rings is 1. The molecular weight excluding hydrogens is 378 g/mol. The zero-order chi connectivity index (χ0) is 20.2. The van der Waals surface area contributed by atoms with E-state index in [0.717, 1.165) is 36.5 Å². The molecule has 2 fully saturated rings. The molecule has 30 heavy (non-hydrogen) atoms. The standard InChI is InChI=1S/C23H23N5O2/c1-14-24-20-12-21(29)16(11-22(20)30-14)17-4-5-19-18(25-17)6-7-23(26-19)28-10-9-27-8-2-3-15(27)13-28/h4-7,11-12,15,29H,2-3,8-10,13H2,1H3. The third kappa shape index (κ3) is 2.89. The van der Waals surface area contributed by atoms with Crippen LogP contribution >= 0.6 is 0 Å². The van der Waals surface area contributed by atoms with Gasteiger partial charge in [-0.3, -0.25) is 4.90 Å². The number of phenolic OH excluding ortho intramolecular Hbond substituents is 1. The van der Waals surface area contributed by atoms with Crippen molar-refractivity contribution in [3.05, 3.63) is 42.3 Å². The Morgan fingerprint density at radius 2 is 1.83 bits per heavy atom. The molecule has 2 aliphatic heterocycles. The van der Waals surface area contributed by atoms with E-state index in [-0.39, 0.29) is 5.75 Å². The summed E-state index contributed by atoms with van der Waals surface area (Å²) < 4.78 is 5.61. The second-order valence-corrected chi connectivity index (χ2v) is 8.25. The van der Waals surface area contributed by atoms with Crippen LogP contribution in [0.1, 0.15) is 18.7 Å². The highest BCUT2D eigenvalue weighted by atomic mass is 16.3. The third-order valence-corrected chi connectivity index (χ3v) is 6.33. The van der Waals surface area contributed by atoms with E-state index in [4.69, 9.17) is 14.4 Å². The third-order valence-electron chi connectivity index (χ3n) is 6.33. The highest BCUT2D eigenvalue weighted by Crippen LogP contribution is 2.33. The van der Waals surface area contributed by atoms with Crippen molar-refractivity contribution in [3.8, 4) is 17.0 Å². The lowest BCUT2D eigenvalue weighted by Crippen LogP contribution is -2.50. The molecule has 0 saturated carbocycles. The largest absolute Gasteiger partial charge is 0.507 e. The van der Waals surface area contributed by atoms with Crippen molar-refractivity contribution in [1.82, 2.24) is 19.9 Å². The molecule has 0 aliphatic carbocycles. The summed E-state index contributed by atoms with van der Waals surface area (Å²) in [6.45, 7) is 6.22. The van der Waals surface area contributed by atoms with Crippen molar-refractivity contribution in [2.75, 3.05) is 31.1 Å². The van der Waals surface area contributed by atoms with Gasteiger partial charge in [0.25, 0.3) is 0 Å². The maximum absolute atomic E-state index is 10.5. The van der Waals surface area contributed by atoms with Gasteiger partial charge in [0, 0.05) is 44.2 Å². The number of piperazine rings is 1. The van der Waals surface area contributed by atoms with E-state index >= 15 is 0 Å². The van der Waals surface area contributed by atoms with Gasteiger partial charge in [-0.1, -0.05) is 0 Å². The molecule has 0 spiro atoms. The average molecular weight is 401 g/mol. The molecule has 7 nitrogen and oxygen atoms in total. The number of nitrogens with zero attached hydrogens (tertiary/aromatic N) is 5. The Kier molecular flexibility index (Phi) is 3.92. The van der Waals surface area contributed by atoms with Crippen LogP contribution in [0, 0.1) is 6.92 Å². The van der Waals surface area contributed by atoms with Crippen LogP contribution in [0.5, 0.6) is 5.75 Å². The SMILES string of the molecule is Cc1nc2cc(O)c(-c3ccc4nc(N5CCN6CCCC6C5)ccc4n3)cc2o1. The van der Waals surface area contributed by atoms with Gasteiger partial charge in [-0.15, -0.1) is 0 Å². The van der Waals surface area contributed by atoms with E-state index in [0.29, 0.717) is 34.3 Å². The first-order valence-corrected chi connectivity index (χ1v) is 10.5. The number of aryl methyl sites for hydroxylation is 1. The molecule has 2 saturated heterocycles. The quantitative estimate of drug-likeness (QED) is 0.548. The molecule has 0 amide bonds. The van der Waals surface area contributed by atoms with E-state index in [1.165, 1.54) is 19.4 Å². The lowest BCUT2D eigenvalue weighted by atomic mass is 10.1. The topological polar surface area (TPSA) is 78.5 Å². The Labute approximate surface area is 174 Å². The van der Waals surface area contributed by atoms with E-state index in [9.17, 15) is 5.11 Å². The number of aromatic nitrogens is 3. The fourth-order valence-corrected chi connectivity index (χ4v) is 4.81. The minimum Gasteiger partial charge on any atom is -0.507 e. The van der Waals surface area contributed by atoms with Crippen molar-refractivity contribution in [1.29, 1.82) is 0 Å². The van der Waals surface area contributed by atoms with Crippen molar-refractivity contribution >= 4 is 28.0 Å². The zero-order valence-corrected chi connectivity index (χ0v) is 16.9. The zero-order valence-electron chi connectivity index (χ0n) is 16.9. The number of pyridine rings is 2. The Morgan fingerprint density at radius 1 is 0.967 bits per heavy atom. The highest BCUT2D eigenvalue weighted by Gasteiger charge is 2.31. The molecular formula is C23H23N5O2. The lowest BCUT2D eigenvalue weighted by Gasteiger charge is -2.38. The van der Waals surface area contributed by atoms with Crippen LogP contribution in [-0.2, 0) is 0 Å². The summed E-state index contributed by atoms with van der Waals surface area (Å²) in [5, 5.41) is 10.5. The van der Waals surface area contributed by atoms with Crippen LogP contribution in [0.15, 0.2) is 40.8 Å². The maximum atomic E-state index is 10.5. The molecule has 1 unspecified atom stereocenters. The van der Waals surface area contributed by atoms with Crippen molar-refractivity contribution in [2.24, 2.45) is 0 Å². The monoisotopic (exact) mass is 401 g/mol. The smallest absolute Gasteiger partial charge is 0.192 e. The first kappa shape index (κ1) is 17.7. The van der Waals surface area contributed by atoms with Gasteiger partial charge in [-0.25, -0.2) is 15.0 Å². The number of oxazole rings is 1. The number of phenols is 1. The second-order valence-electron chi connectivity index (χ2n) is 8.25. The Hall–Kier alpha value is -3.19.